The predicted octanol–water partition coefficient (Wildman–Crippen LogP) is 2.34. The van der Waals surface area contributed by atoms with Crippen LogP contribution in [0.5, 0.6) is 0 Å². The first kappa shape index (κ1) is 17.6. The SMILES string of the molecule is CN1CCN(C(=O)C(c2ccccc2)c2ccccc2)C[C@H]1CCO. The fourth-order valence-corrected chi connectivity index (χ4v) is 3.56. The van der Waals surface area contributed by atoms with Crippen LogP contribution in [-0.4, -0.2) is 60.1 Å². The summed E-state index contributed by atoms with van der Waals surface area (Å²) in [5.41, 5.74) is 2.05. The number of amides is 1. The summed E-state index contributed by atoms with van der Waals surface area (Å²) in [6.45, 7) is 2.39. The number of rotatable bonds is 5. The van der Waals surface area contributed by atoms with Crippen molar-refractivity contribution in [2.24, 2.45) is 0 Å². The molecule has 3 rings (SSSR count). The van der Waals surface area contributed by atoms with Crippen molar-refractivity contribution in [2.45, 2.75) is 18.4 Å². The average molecular weight is 338 g/mol. The Morgan fingerprint density at radius 3 is 2.12 bits per heavy atom. The summed E-state index contributed by atoms with van der Waals surface area (Å²) in [6, 6.07) is 20.2. The molecular formula is C21H26N2O2. The monoisotopic (exact) mass is 338 g/mol. The minimum atomic E-state index is -0.277. The van der Waals surface area contributed by atoms with Crippen molar-refractivity contribution in [3.8, 4) is 0 Å². The van der Waals surface area contributed by atoms with E-state index in [2.05, 4.69) is 11.9 Å². The quantitative estimate of drug-likeness (QED) is 0.910. The van der Waals surface area contributed by atoms with Crippen LogP contribution in [0.2, 0.25) is 0 Å². The molecule has 1 N–H and O–H groups in total. The number of nitrogens with zero attached hydrogens (tertiary/aromatic N) is 2. The number of piperazine rings is 1. The third kappa shape index (κ3) is 4.09. The Hall–Kier alpha value is -2.17. The molecule has 0 unspecified atom stereocenters. The van der Waals surface area contributed by atoms with Crippen molar-refractivity contribution in [3.63, 3.8) is 0 Å². The average Bonchev–Trinajstić information content (AvgIpc) is 2.65. The molecule has 4 nitrogen and oxygen atoms in total. The third-order valence-corrected chi connectivity index (χ3v) is 5.06. The molecule has 25 heavy (non-hydrogen) atoms. The summed E-state index contributed by atoms with van der Waals surface area (Å²) < 4.78 is 0. The molecule has 2 aromatic rings. The molecule has 0 radical (unpaired) electrons. The van der Waals surface area contributed by atoms with Crippen LogP contribution in [0.4, 0.5) is 0 Å². The van der Waals surface area contributed by atoms with Crippen LogP contribution in [0.15, 0.2) is 60.7 Å². The van der Waals surface area contributed by atoms with Gasteiger partial charge in [-0.25, -0.2) is 0 Å². The molecule has 2 aromatic carbocycles. The molecule has 1 amide bonds. The van der Waals surface area contributed by atoms with Crippen LogP contribution < -0.4 is 0 Å². The Bertz CT molecular complexity index is 635. The van der Waals surface area contributed by atoms with E-state index in [0.29, 0.717) is 13.0 Å². The summed E-state index contributed by atoms with van der Waals surface area (Å²) in [4.78, 5) is 17.6. The van der Waals surface area contributed by atoms with E-state index in [9.17, 15) is 9.90 Å². The highest BCUT2D eigenvalue weighted by molar-refractivity contribution is 5.87. The van der Waals surface area contributed by atoms with Gasteiger partial charge in [-0.05, 0) is 24.6 Å². The van der Waals surface area contributed by atoms with Crippen molar-refractivity contribution in [1.29, 1.82) is 0 Å². The first-order valence-corrected chi connectivity index (χ1v) is 8.90. The van der Waals surface area contributed by atoms with Crippen molar-refractivity contribution < 1.29 is 9.90 Å². The van der Waals surface area contributed by atoms with Gasteiger partial charge in [-0.3, -0.25) is 9.69 Å². The lowest BCUT2D eigenvalue weighted by atomic mass is 9.89. The zero-order chi connectivity index (χ0) is 17.6. The molecule has 0 aromatic heterocycles. The van der Waals surface area contributed by atoms with Crippen LogP contribution in [0.3, 0.4) is 0 Å². The summed E-state index contributed by atoms with van der Waals surface area (Å²) in [5.74, 6) is -0.131. The normalized spacial score (nSPS) is 18.5. The maximum atomic E-state index is 13.4. The molecule has 0 bridgehead atoms. The maximum Gasteiger partial charge on any atom is 0.234 e. The molecular weight excluding hydrogens is 312 g/mol. The molecule has 0 spiro atoms. The lowest BCUT2D eigenvalue weighted by Gasteiger charge is -2.40. The van der Waals surface area contributed by atoms with Gasteiger partial charge in [-0.2, -0.15) is 0 Å². The Labute approximate surface area is 149 Å². The van der Waals surface area contributed by atoms with Gasteiger partial charge in [0, 0.05) is 32.3 Å². The van der Waals surface area contributed by atoms with Gasteiger partial charge in [-0.15, -0.1) is 0 Å². The lowest BCUT2D eigenvalue weighted by Crippen LogP contribution is -2.54. The number of aliphatic hydroxyl groups excluding tert-OH is 1. The van der Waals surface area contributed by atoms with E-state index in [1.807, 2.05) is 65.6 Å². The zero-order valence-corrected chi connectivity index (χ0v) is 14.7. The summed E-state index contributed by atoms with van der Waals surface area (Å²) in [5, 5.41) is 9.30. The summed E-state index contributed by atoms with van der Waals surface area (Å²) in [7, 11) is 2.06. The summed E-state index contributed by atoms with van der Waals surface area (Å²) in [6.07, 6.45) is 0.696. The van der Waals surface area contributed by atoms with Crippen LogP contribution in [-0.2, 0) is 4.79 Å². The van der Waals surface area contributed by atoms with E-state index in [0.717, 1.165) is 24.2 Å². The fraction of sp³-hybridized carbons (Fsp3) is 0.381. The standard InChI is InChI=1S/C21H26N2O2/c1-22-13-14-23(16-19(22)12-15-24)21(25)20(17-8-4-2-5-9-17)18-10-6-3-7-11-18/h2-11,19-20,24H,12-16H2,1H3/t19-/m1/s1. The van der Waals surface area contributed by atoms with Gasteiger partial charge in [-0.1, -0.05) is 60.7 Å². The number of carbonyl (C=O) groups is 1. The largest absolute Gasteiger partial charge is 0.396 e. The first-order valence-electron chi connectivity index (χ1n) is 8.90. The van der Waals surface area contributed by atoms with E-state index in [1.165, 1.54) is 0 Å². The second-order valence-electron chi connectivity index (χ2n) is 6.69. The molecule has 1 atom stereocenters. The first-order chi connectivity index (χ1) is 12.2. The van der Waals surface area contributed by atoms with Gasteiger partial charge in [0.2, 0.25) is 5.91 Å². The van der Waals surface area contributed by atoms with Crippen molar-refractivity contribution in [2.75, 3.05) is 33.3 Å². The van der Waals surface area contributed by atoms with Gasteiger partial charge in [0.25, 0.3) is 0 Å². The fourth-order valence-electron chi connectivity index (χ4n) is 3.56. The molecule has 1 fully saturated rings. The molecule has 0 saturated carbocycles. The van der Waals surface area contributed by atoms with E-state index in [4.69, 9.17) is 0 Å². The third-order valence-electron chi connectivity index (χ3n) is 5.06. The minimum absolute atomic E-state index is 0.147. The van der Waals surface area contributed by atoms with E-state index in [1.54, 1.807) is 0 Å². The van der Waals surface area contributed by atoms with Crippen molar-refractivity contribution in [3.05, 3.63) is 71.8 Å². The van der Waals surface area contributed by atoms with Crippen LogP contribution >= 0.6 is 0 Å². The van der Waals surface area contributed by atoms with E-state index >= 15 is 0 Å². The van der Waals surface area contributed by atoms with Gasteiger partial charge in [0.1, 0.15) is 0 Å². The molecule has 4 heteroatoms. The second-order valence-corrected chi connectivity index (χ2v) is 6.69. The van der Waals surface area contributed by atoms with Gasteiger partial charge >= 0.3 is 0 Å². The highest BCUT2D eigenvalue weighted by atomic mass is 16.3. The second kappa shape index (κ2) is 8.28. The molecule has 0 aliphatic carbocycles. The zero-order valence-electron chi connectivity index (χ0n) is 14.7. The van der Waals surface area contributed by atoms with Gasteiger partial charge < -0.3 is 10.0 Å². The topological polar surface area (TPSA) is 43.8 Å². The number of benzene rings is 2. The molecule has 1 heterocycles. The van der Waals surface area contributed by atoms with Crippen molar-refractivity contribution in [1.82, 2.24) is 9.80 Å². The van der Waals surface area contributed by atoms with Crippen LogP contribution in [0.1, 0.15) is 23.5 Å². The number of likely N-dealkylation sites (N-methyl/N-ethyl adjacent to an activating group) is 1. The van der Waals surface area contributed by atoms with Gasteiger partial charge in [0.05, 0.1) is 5.92 Å². The predicted molar refractivity (Wildman–Crippen MR) is 99.4 cm³/mol. The Kier molecular flexibility index (Phi) is 5.84. The Balaban J connectivity index is 1.87. The number of carbonyl (C=O) groups excluding carboxylic acids is 1. The number of aliphatic hydroxyl groups is 1. The van der Waals surface area contributed by atoms with Gasteiger partial charge in [0.15, 0.2) is 0 Å². The van der Waals surface area contributed by atoms with Crippen LogP contribution in [0.25, 0.3) is 0 Å². The smallest absolute Gasteiger partial charge is 0.234 e. The highest BCUT2D eigenvalue weighted by Crippen LogP contribution is 2.28. The highest BCUT2D eigenvalue weighted by Gasteiger charge is 2.32. The molecule has 1 aliphatic heterocycles. The van der Waals surface area contributed by atoms with E-state index < -0.39 is 0 Å². The van der Waals surface area contributed by atoms with Crippen molar-refractivity contribution >= 4 is 5.91 Å². The lowest BCUT2D eigenvalue weighted by molar-refractivity contribution is -0.134. The van der Waals surface area contributed by atoms with E-state index in [-0.39, 0.29) is 24.5 Å². The number of hydrogen-bond donors (Lipinski definition) is 1. The summed E-state index contributed by atoms with van der Waals surface area (Å²) >= 11 is 0. The molecule has 1 aliphatic rings. The maximum absolute atomic E-state index is 13.4. The molecule has 132 valence electrons. The van der Waals surface area contributed by atoms with Crippen LogP contribution in [0, 0.1) is 0 Å². The molecule has 1 saturated heterocycles. The Morgan fingerprint density at radius 2 is 1.60 bits per heavy atom. The Morgan fingerprint density at radius 1 is 1.04 bits per heavy atom. The number of hydrogen-bond acceptors (Lipinski definition) is 3. The minimum Gasteiger partial charge on any atom is -0.396 e.